The molecule has 2 N–H and O–H groups in total. The molecule has 0 saturated carbocycles. The zero-order chi connectivity index (χ0) is 12.8. The van der Waals surface area contributed by atoms with Crippen molar-refractivity contribution in [3.05, 3.63) is 11.6 Å². The first kappa shape index (κ1) is 13.0. The number of hydrogen-bond donors (Lipinski definition) is 2. The van der Waals surface area contributed by atoms with Crippen LogP contribution in [-0.2, 0) is 24.3 Å². The van der Waals surface area contributed by atoms with Crippen molar-refractivity contribution >= 4 is 5.91 Å². The maximum atomic E-state index is 11.4. The lowest BCUT2D eigenvalue weighted by Gasteiger charge is -2.14. The Bertz CT molecular complexity index is 401. The lowest BCUT2D eigenvalue weighted by Crippen LogP contribution is -2.34. The van der Waals surface area contributed by atoms with E-state index < -0.39 is 0 Å². The first-order chi connectivity index (χ1) is 8.81. The molecule has 0 bridgehead atoms. The Morgan fingerprint density at radius 3 is 3.11 bits per heavy atom. The average molecular weight is 251 g/mol. The fourth-order valence-electron chi connectivity index (χ4n) is 2.11. The molecule has 1 aliphatic rings. The number of fused-ring (bicyclic) bond motifs is 1. The van der Waals surface area contributed by atoms with Crippen LogP contribution in [0.1, 0.15) is 37.8 Å². The van der Waals surface area contributed by atoms with Crippen molar-refractivity contribution in [3.8, 4) is 0 Å². The smallest absolute Gasteiger partial charge is 0.233 e. The molecular formula is C12H21N5O. The molecule has 0 spiro atoms. The highest BCUT2D eigenvalue weighted by atomic mass is 16.1. The summed E-state index contributed by atoms with van der Waals surface area (Å²) >= 11 is 0. The van der Waals surface area contributed by atoms with Gasteiger partial charge in [-0.3, -0.25) is 4.79 Å². The predicted molar refractivity (Wildman–Crippen MR) is 68.0 cm³/mol. The quantitative estimate of drug-likeness (QED) is 0.759. The third-order valence-corrected chi connectivity index (χ3v) is 3.08. The number of amides is 1. The molecule has 0 unspecified atom stereocenters. The maximum Gasteiger partial charge on any atom is 0.233 e. The molecule has 0 saturated heterocycles. The van der Waals surface area contributed by atoms with Crippen LogP contribution in [0.3, 0.4) is 0 Å². The number of nitrogens with zero attached hydrogens (tertiary/aromatic N) is 3. The van der Waals surface area contributed by atoms with Gasteiger partial charge in [0.05, 0.1) is 13.1 Å². The van der Waals surface area contributed by atoms with Crippen LogP contribution in [-0.4, -0.2) is 33.8 Å². The summed E-state index contributed by atoms with van der Waals surface area (Å²) in [7, 11) is 0. The second kappa shape index (κ2) is 6.49. The molecule has 6 nitrogen and oxygen atoms in total. The second-order valence-electron chi connectivity index (χ2n) is 4.59. The first-order valence-corrected chi connectivity index (χ1v) is 6.69. The minimum Gasteiger partial charge on any atom is -0.355 e. The number of carbonyl (C=O) groups excluding carboxylic acids is 1. The van der Waals surface area contributed by atoms with Crippen molar-refractivity contribution in [2.75, 3.05) is 13.1 Å². The van der Waals surface area contributed by atoms with Gasteiger partial charge < -0.3 is 15.2 Å². The number of carbonyl (C=O) groups is 1. The van der Waals surface area contributed by atoms with Crippen molar-refractivity contribution in [2.45, 2.75) is 45.7 Å². The van der Waals surface area contributed by atoms with Crippen molar-refractivity contribution in [1.29, 1.82) is 0 Å². The number of nitrogens with one attached hydrogen (secondary N) is 2. The van der Waals surface area contributed by atoms with Gasteiger partial charge in [-0.25, -0.2) is 0 Å². The van der Waals surface area contributed by atoms with E-state index in [1.54, 1.807) is 0 Å². The topological polar surface area (TPSA) is 71.8 Å². The van der Waals surface area contributed by atoms with E-state index >= 15 is 0 Å². The summed E-state index contributed by atoms with van der Waals surface area (Å²) in [5.41, 5.74) is 0. The fraction of sp³-hybridized carbons (Fsp3) is 0.750. The zero-order valence-electron chi connectivity index (χ0n) is 10.9. The molecule has 0 radical (unpaired) electrons. The summed E-state index contributed by atoms with van der Waals surface area (Å²) in [5.74, 6) is 2.05. The lowest BCUT2D eigenvalue weighted by atomic mass is 10.2. The molecule has 0 atom stereocenters. The van der Waals surface area contributed by atoms with Gasteiger partial charge in [0.1, 0.15) is 11.6 Å². The normalized spacial score (nSPS) is 14.3. The lowest BCUT2D eigenvalue weighted by molar-refractivity contribution is -0.120. The van der Waals surface area contributed by atoms with E-state index in [0.717, 1.165) is 37.6 Å². The molecule has 1 aromatic heterocycles. The van der Waals surface area contributed by atoms with Gasteiger partial charge in [-0.2, -0.15) is 0 Å². The van der Waals surface area contributed by atoms with Crippen molar-refractivity contribution in [2.24, 2.45) is 0 Å². The van der Waals surface area contributed by atoms with E-state index in [9.17, 15) is 4.79 Å². The predicted octanol–water partition coefficient (Wildman–Crippen LogP) is 0.230. The highest BCUT2D eigenvalue weighted by molar-refractivity contribution is 5.77. The summed E-state index contributed by atoms with van der Waals surface area (Å²) in [6.45, 7) is 4.72. The van der Waals surface area contributed by atoms with Crippen molar-refractivity contribution in [1.82, 2.24) is 25.4 Å². The van der Waals surface area contributed by atoms with E-state index in [2.05, 4.69) is 25.4 Å². The molecule has 0 fully saturated rings. The molecule has 18 heavy (non-hydrogen) atoms. The van der Waals surface area contributed by atoms with Crippen LogP contribution in [0.25, 0.3) is 0 Å². The Kier molecular flexibility index (Phi) is 4.69. The molecule has 2 heterocycles. The van der Waals surface area contributed by atoms with Crippen molar-refractivity contribution in [3.63, 3.8) is 0 Å². The van der Waals surface area contributed by atoms with Crippen molar-refractivity contribution < 1.29 is 4.79 Å². The molecule has 0 aromatic carbocycles. The summed E-state index contributed by atoms with van der Waals surface area (Å²) in [6, 6.07) is 0. The fourth-order valence-corrected chi connectivity index (χ4v) is 2.11. The molecule has 100 valence electrons. The van der Waals surface area contributed by atoms with Crippen LogP contribution in [0, 0.1) is 0 Å². The molecular weight excluding hydrogens is 230 g/mol. The minimum absolute atomic E-state index is 0.0373. The summed E-state index contributed by atoms with van der Waals surface area (Å²) in [6.07, 6.45) is 4.37. The van der Waals surface area contributed by atoms with Gasteiger partial charge in [-0.05, 0) is 19.3 Å². The molecule has 1 aromatic rings. The van der Waals surface area contributed by atoms with Gasteiger partial charge in [0.15, 0.2) is 0 Å². The molecule has 1 aliphatic heterocycles. The van der Waals surface area contributed by atoms with E-state index in [1.807, 2.05) is 6.92 Å². The summed E-state index contributed by atoms with van der Waals surface area (Å²) < 4.78 is 2.17. The van der Waals surface area contributed by atoms with Crippen LogP contribution < -0.4 is 10.6 Å². The maximum absolute atomic E-state index is 11.4. The number of aryl methyl sites for hydroxylation is 1. The van der Waals surface area contributed by atoms with Crippen LogP contribution in [0.4, 0.5) is 0 Å². The highest BCUT2D eigenvalue weighted by Gasteiger charge is 2.15. The minimum atomic E-state index is 0.0373. The van der Waals surface area contributed by atoms with Gasteiger partial charge >= 0.3 is 0 Å². The SMILES string of the molecule is CCCNC(=O)CNCc1nnc2n1CCCC2. The van der Waals surface area contributed by atoms with Gasteiger partial charge in [-0.15, -0.1) is 10.2 Å². The van der Waals surface area contributed by atoms with Crippen LogP contribution in [0.2, 0.25) is 0 Å². The average Bonchev–Trinajstić information content (AvgIpc) is 2.80. The first-order valence-electron chi connectivity index (χ1n) is 6.69. The molecule has 1 amide bonds. The monoisotopic (exact) mass is 251 g/mol. The van der Waals surface area contributed by atoms with Crippen LogP contribution in [0.15, 0.2) is 0 Å². The van der Waals surface area contributed by atoms with E-state index in [4.69, 9.17) is 0 Å². The Morgan fingerprint density at radius 2 is 2.28 bits per heavy atom. The van der Waals surface area contributed by atoms with Gasteiger partial charge in [0.2, 0.25) is 5.91 Å². The number of rotatable bonds is 6. The summed E-state index contributed by atoms with van der Waals surface area (Å²) in [5, 5.41) is 14.3. The van der Waals surface area contributed by atoms with E-state index in [-0.39, 0.29) is 5.91 Å². The Balaban J connectivity index is 1.77. The molecule has 0 aliphatic carbocycles. The van der Waals surface area contributed by atoms with Crippen LogP contribution >= 0.6 is 0 Å². The van der Waals surface area contributed by atoms with Gasteiger partial charge in [0.25, 0.3) is 0 Å². The number of hydrogen-bond acceptors (Lipinski definition) is 4. The van der Waals surface area contributed by atoms with Gasteiger partial charge in [0, 0.05) is 19.5 Å². The Hall–Kier alpha value is -1.43. The zero-order valence-corrected chi connectivity index (χ0v) is 10.9. The standard InChI is InChI=1S/C12H21N5O/c1-2-6-14-12(18)9-13-8-11-16-15-10-5-3-4-7-17(10)11/h13H,2-9H2,1H3,(H,14,18). The van der Waals surface area contributed by atoms with E-state index in [1.165, 1.54) is 12.8 Å². The number of aromatic nitrogens is 3. The third kappa shape index (κ3) is 3.29. The molecule has 6 heteroatoms. The van der Waals surface area contributed by atoms with Crippen LogP contribution in [0.5, 0.6) is 0 Å². The summed E-state index contributed by atoms with van der Waals surface area (Å²) in [4.78, 5) is 11.4. The van der Waals surface area contributed by atoms with E-state index in [0.29, 0.717) is 13.1 Å². The van der Waals surface area contributed by atoms with Gasteiger partial charge in [-0.1, -0.05) is 6.92 Å². The Morgan fingerprint density at radius 1 is 1.39 bits per heavy atom. The largest absolute Gasteiger partial charge is 0.355 e. The third-order valence-electron chi connectivity index (χ3n) is 3.08. The highest BCUT2D eigenvalue weighted by Crippen LogP contribution is 2.13. The second-order valence-corrected chi connectivity index (χ2v) is 4.59. The molecule has 2 rings (SSSR count). The Labute approximate surface area is 107 Å².